The number of aryl methyl sites for hydroxylation is 2. The third kappa shape index (κ3) is 3.97. The fourth-order valence-corrected chi connectivity index (χ4v) is 2.81. The highest BCUT2D eigenvalue weighted by Crippen LogP contribution is 2.33. The molecule has 20 heavy (non-hydrogen) atoms. The molecular formula is C17H29NO2. The average molecular weight is 279 g/mol. The maximum absolute atomic E-state index is 5.93. The monoisotopic (exact) mass is 279 g/mol. The smallest absolute Gasteiger partial charge is 0.124 e. The summed E-state index contributed by atoms with van der Waals surface area (Å²) < 4.78 is 11.5. The van der Waals surface area contributed by atoms with Gasteiger partial charge in [-0.25, -0.2) is 0 Å². The number of nitrogens with one attached hydrogen (secondary N) is 1. The number of likely N-dealkylation sites (N-methyl/N-ethyl adjacent to an activating group) is 1. The van der Waals surface area contributed by atoms with Crippen molar-refractivity contribution >= 4 is 0 Å². The van der Waals surface area contributed by atoms with E-state index in [4.69, 9.17) is 9.47 Å². The summed E-state index contributed by atoms with van der Waals surface area (Å²) >= 11 is 0. The van der Waals surface area contributed by atoms with Crippen LogP contribution in [0.5, 0.6) is 5.75 Å². The summed E-state index contributed by atoms with van der Waals surface area (Å²) in [6, 6.07) is 4.48. The molecule has 0 saturated heterocycles. The summed E-state index contributed by atoms with van der Waals surface area (Å²) in [6.45, 7) is 12.2. The second-order valence-electron chi connectivity index (χ2n) is 5.14. The maximum atomic E-state index is 5.93. The molecule has 2 unspecified atom stereocenters. The molecule has 0 bridgehead atoms. The van der Waals surface area contributed by atoms with Crippen molar-refractivity contribution < 1.29 is 9.47 Å². The molecule has 1 aromatic carbocycles. The quantitative estimate of drug-likeness (QED) is 0.785. The van der Waals surface area contributed by atoms with Crippen LogP contribution in [0.3, 0.4) is 0 Å². The summed E-state index contributed by atoms with van der Waals surface area (Å²) in [5, 5.41) is 3.56. The first-order valence-electron chi connectivity index (χ1n) is 7.59. The van der Waals surface area contributed by atoms with Gasteiger partial charge < -0.3 is 14.8 Å². The molecule has 0 radical (unpaired) electrons. The lowest BCUT2D eigenvalue weighted by molar-refractivity contribution is 0.0310. The van der Waals surface area contributed by atoms with Crippen molar-refractivity contribution in [2.24, 2.45) is 0 Å². The topological polar surface area (TPSA) is 30.5 Å². The number of hydrogen-bond acceptors (Lipinski definition) is 3. The number of ether oxygens (including phenoxy) is 2. The van der Waals surface area contributed by atoms with Gasteiger partial charge in [-0.05, 0) is 50.9 Å². The zero-order valence-corrected chi connectivity index (χ0v) is 13.7. The molecular weight excluding hydrogens is 250 g/mol. The molecule has 1 N–H and O–H groups in total. The predicted octanol–water partition coefficient (Wildman–Crippen LogP) is 3.78. The molecule has 0 heterocycles. The Morgan fingerprint density at radius 1 is 1.15 bits per heavy atom. The fourth-order valence-electron chi connectivity index (χ4n) is 2.81. The van der Waals surface area contributed by atoms with Crippen LogP contribution in [-0.2, 0) is 4.74 Å². The minimum Gasteiger partial charge on any atom is -0.496 e. The van der Waals surface area contributed by atoms with Crippen molar-refractivity contribution in [1.82, 2.24) is 5.32 Å². The molecule has 0 amide bonds. The molecule has 3 nitrogen and oxygen atoms in total. The van der Waals surface area contributed by atoms with E-state index in [1.54, 1.807) is 7.11 Å². The van der Waals surface area contributed by atoms with Crippen molar-refractivity contribution in [3.63, 3.8) is 0 Å². The highest BCUT2D eigenvalue weighted by molar-refractivity contribution is 5.45. The van der Waals surface area contributed by atoms with Crippen LogP contribution in [0.4, 0.5) is 0 Å². The lowest BCUT2D eigenvalue weighted by Gasteiger charge is -2.30. The average Bonchev–Trinajstić information content (AvgIpc) is 2.42. The molecule has 114 valence electrons. The van der Waals surface area contributed by atoms with E-state index in [1.165, 1.54) is 16.7 Å². The first-order chi connectivity index (χ1) is 9.58. The summed E-state index contributed by atoms with van der Waals surface area (Å²) in [4.78, 5) is 0. The summed E-state index contributed by atoms with van der Waals surface area (Å²) in [5.41, 5.74) is 3.70. The summed E-state index contributed by atoms with van der Waals surface area (Å²) in [6.07, 6.45) is 1.14. The Balaban J connectivity index is 3.26. The molecule has 0 fully saturated rings. The Kier molecular flexibility index (Phi) is 7.03. The lowest BCUT2D eigenvalue weighted by atomic mass is 9.93. The molecule has 0 aliphatic rings. The minimum absolute atomic E-state index is 0.162. The lowest BCUT2D eigenvalue weighted by Crippen LogP contribution is -2.34. The zero-order chi connectivity index (χ0) is 15.1. The van der Waals surface area contributed by atoms with Crippen molar-refractivity contribution in [1.29, 1.82) is 0 Å². The SMILES string of the molecule is CCNC(c1c(C)cc(C)cc1OC)C(CC)OCC. The van der Waals surface area contributed by atoms with Crippen LogP contribution in [0.1, 0.15) is 49.9 Å². The van der Waals surface area contributed by atoms with Gasteiger partial charge in [0.05, 0.1) is 19.3 Å². The van der Waals surface area contributed by atoms with Gasteiger partial charge in [0.25, 0.3) is 0 Å². The summed E-state index contributed by atoms with van der Waals surface area (Å²) in [7, 11) is 1.74. The highest BCUT2D eigenvalue weighted by atomic mass is 16.5. The van der Waals surface area contributed by atoms with Gasteiger partial charge in [-0.1, -0.05) is 19.9 Å². The first-order valence-corrected chi connectivity index (χ1v) is 7.59. The van der Waals surface area contributed by atoms with Crippen LogP contribution in [0.25, 0.3) is 0 Å². The predicted molar refractivity (Wildman–Crippen MR) is 84.6 cm³/mol. The van der Waals surface area contributed by atoms with Gasteiger partial charge in [-0.2, -0.15) is 0 Å². The van der Waals surface area contributed by atoms with E-state index in [0.717, 1.165) is 25.3 Å². The van der Waals surface area contributed by atoms with Crippen LogP contribution in [0, 0.1) is 13.8 Å². The molecule has 0 saturated carbocycles. The Morgan fingerprint density at radius 3 is 2.35 bits per heavy atom. The van der Waals surface area contributed by atoms with E-state index >= 15 is 0 Å². The molecule has 1 aromatic rings. The molecule has 0 aliphatic carbocycles. The standard InChI is InChI=1S/C17H29NO2/c1-7-14(20-9-3)17(18-8-2)16-13(5)10-12(4)11-15(16)19-6/h10-11,14,17-18H,7-9H2,1-6H3. The molecule has 2 atom stereocenters. The van der Waals surface area contributed by atoms with Crippen LogP contribution >= 0.6 is 0 Å². The third-order valence-electron chi connectivity index (χ3n) is 3.60. The largest absolute Gasteiger partial charge is 0.496 e. The van der Waals surface area contributed by atoms with Crippen molar-refractivity contribution in [3.05, 3.63) is 28.8 Å². The Hall–Kier alpha value is -1.06. The Bertz CT molecular complexity index is 418. The second-order valence-corrected chi connectivity index (χ2v) is 5.14. The van der Waals surface area contributed by atoms with E-state index in [2.05, 4.69) is 45.1 Å². The van der Waals surface area contributed by atoms with Gasteiger partial charge in [0.1, 0.15) is 5.75 Å². The van der Waals surface area contributed by atoms with Gasteiger partial charge in [0, 0.05) is 12.2 Å². The third-order valence-corrected chi connectivity index (χ3v) is 3.60. The van der Waals surface area contributed by atoms with Gasteiger partial charge >= 0.3 is 0 Å². The molecule has 3 heteroatoms. The highest BCUT2D eigenvalue weighted by Gasteiger charge is 2.26. The van der Waals surface area contributed by atoms with Crippen LogP contribution in [-0.4, -0.2) is 26.4 Å². The fraction of sp³-hybridized carbons (Fsp3) is 0.647. The normalized spacial score (nSPS) is 14.1. The Morgan fingerprint density at radius 2 is 1.85 bits per heavy atom. The van der Waals surface area contributed by atoms with E-state index in [0.29, 0.717) is 0 Å². The summed E-state index contributed by atoms with van der Waals surface area (Å²) in [5.74, 6) is 0.951. The molecule has 0 aromatic heterocycles. The molecule has 0 aliphatic heterocycles. The van der Waals surface area contributed by atoms with E-state index in [1.807, 2.05) is 6.92 Å². The van der Waals surface area contributed by atoms with Crippen molar-refractivity contribution in [2.75, 3.05) is 20.3 Å². The van der Waals surface area contributed by atoms with E-state index in [-0.39, 0.29) is 12.1 Å². The minimum atomic E-state index is 0.162. The number of rotatable bonds is 8. The van der Waals surface area contributed by atoms with Crippen molar-refractivity contribution in [2.45, 2.75) is 53.2 Å². The van der Waals surface area contributed by atoms with Crippen LogP contribution < -0.4 is 10.1 Å². The number of methoxy groups -OCH3 is 1. The second kappa shape index (κ2) is 8.28. The number of hydrogen-bond donors (Lipinski definition) is 1. The van der Waals surface area contributed by atoms with Gasteiger partial charge in [0.15, 0.2) is 0 Å². The van der Waals surface area contributed by atoms with Gasteiger partial charge in [0.2, 0.25) is 0 Å². The molecule has 1 rings (SSSR count). The van der Waals surface area contributed by atoms with Crippen LogP contribution in [0.15, 0.2) is 12.1 Å². The first kappa shape index (κ1) is 17.0. The number of benzene rings is 1. The molecule has 0 spiro atoms. The van der Waals surface area contributed by atoms with E-state index < -0.39 is 0 Å². The van der Waals surface area contributed by atoms with E-state index in [9.17, 15) is 0 Å². The van der Waals surface area contributed by atoms with Gasteiger partial charge in [-0.3, -0.25) is 0 Å². The maximum Gasteiger partial charge on any atom is 0.124 e. The van der Waals surface area contributed by atoms with Gasteiger partial charge in [-0.15, -0.1) is 0 Å². The van der Waals surface area contributed by atoms with Crippen molar-refractivity contribution in [3.8, 4) is 5.75 Å². The van der Waals surface area contributed by atoms with Crippen LogP contribution in [0.2, 0.25) is 0 Å². The Labute approximate surface area is 123 Å². The zero-order valence-electron chi connectivity index (χ0n) is 13.7.